The van der Waals surface area contributed by atoms with Gasteiger partial charge in [0, 0.05) is 37.6 Å². The van der Waals surface area contributed by atoms with E-state index in [2.05, 4.69) is 9.64 Å². The number of nitrogens with zero attached hydrogens (tertiary/aromatic N) is 2. The molecule has 0 spiro atoms. The highest BCUT2D eigenvalue weighted by atomic mass is 35.5. The van der Waals surface area contributed by atoms with Crippen LogP contribution in [-0.4, -0.2) is 39.3 Å². The van der Waals surface area contributed by atoms with Crippen molar-refractivity contribution < 1.29 is 18.3 Å². The summed E-state index contributed by atoms with van der Waals surface area (Å²) in [6.07, 6.45) is 0. The van der Waals surface area contributed by atoms with Crippen molar-refractivity contribution in [2.45, 2.75) is 0 Å². The molecule has 132 valence electrons. The van der Waals surface area contributed by atoms with Crippen molar-refractivity contribution in [3.8, 4) is 0 Å². The average Bonchev–Trinajstić information content (AvgIpc) is 2.63. The maximum atomic E-state index is 14.1. The Morgan fingerprint density at radius 3 is 2.04 bits per heavy atom. The highest BCUT2D eigenvalue weighted by Crippen LogP contribution is 2.26. The summed E-state index contributed by atoms with van der Waals surface area (Å²) in [5, 5.41) is 0.0976. The summed E-state index contributed by atoms with van der Waals surface area (Å²) < 4.78 is 31.9. The summed E-state index contributed by atoms with van der Waals surface area (Å²) in [6.45, 7) is 2.74. The van der Waals surface area contributed by atoms with Crippen molar-refractivity contribution in [3.63, 3.8) is 0 Å². The number of carbonyl (C=O) groups is 1. The molecule has 0 N–H and O–H groups in total. The van der Waals surface area contributed by atoms with E-state index in [1.807, 2.05) is 4.90 Å². The van der Waals surface area contributed by atoms with Gasteiger partial charge in [0.15, 0.2) is 0 Å². The molecule has 2 aromatic carbocycles. The number of anilines is 2. The van der Waals surface area contributed by atoms with Gasteiger partial charge in [-0.1, -0.05) is 11.6 Å². The third-order valence-electron chi connectivity index (χ3n) is 4.27. The van der Waals surface area contributed by atoms with Crippen molar-refractivity contribution in [2.24, 2.45) is 0 Å². The van der Waals surface area contributed by atoms with Crippen LogP contribution < -0.4 is 9.80 Å². The Kier molecular flexibility index (Phi) is 5.08. The minimum absolute atomic E-state index is 0.0779. The molecule has 0 unspecified atom stereocenters. The number of esters is 1. The Bertz CT molecular complexity index is 793. The summed E-state index contributed by atoms with van der Waals surface area (Å²) in [4.78, 5) is 15.6. The molecule has 1 aliphatic rings. The van der Waals surface area contributed by atoms with Gasteiger partial charge in [-0.25, -0.2) is 13.6 Å². The average molecular weight is 367 g/mol. The van der Waals surface area contributed by atoms with Gasteiger partial charge < -0.3 is 14.5 Å². The summed E-state index contributed by atoms with van der Waals surface area (Å²) in [6, 6.07) is 9.14. The van der Waals surface area contributed by atoms with Gasteiger partial charge in [0.25, 0.3) is 0 Å². The van der Waals surface area contributed by atoms with Crippen LogP contribution in [0, 0.1) is 11.6 Å². The largest absolute Gasteiger partial charge is 0.465 e. The van der Waals surface area contributed by atoms with E-state index in [4.69, 9.17) is 11.6 Å². The molecule has 1 saturated heterocycles. The molecule has 2 aromatic rings. The highest BCUT2D eigenvalue weighted by molar-refractivity contribution is 6.31. The second kappa shape index (κ2) is 7.27. The number of halogens is 3. The molecule has 3 rings (SSSR count). The fraction of sp³-hybridized carbons (Fsp3) is 0.278. The zero-order valence-corrected chi connectivity index (χ0v) is 14.4. The number of piperazine rings is 1. The van der Waals surface area contributed by atoms with E-state index in [-0.39, 0.29) is 10.6 Å². The Morgan fingerprint density at radius 1 is 0.960 bits per heavy atom. The predicted octanol–water partition coefficient (Wildman–Crippen LogP) is 3.73. The summed E-state index contributed by atoms with van der Waals surface area (Å²) >= 11 is 5.84. The Morgan fingerprint density at radius 2 is 1.52 bits per heavy atom. The molecule has 7 heteroatoms. The van der Waals surface area contributed by atoms with E-state index < -0.39 is 17.6 Å². The van der Waals surface area contributed by atoms with Crippen molar-refractivity contribution >= 4 is 28.9 Å². The number of methoxy groups -OCH3 is 1. The van der Waals surface area contributed by atoms with Crippen LogP contribution in [0.2, 0.25) is 5.02 Å². The van der Waals surface area contributed by atoms with Crippen LogP contribution in [-0.2, 0) is 4.74 Å². The molecular formula is C18H17ClF2N2O2. The van der Waals surface area contributed by atoms with Crippen LogP contribution in [0.3, 0.4) is 0 Å². The van der Waals surface area contributed by atoms with Crippen LogP contribution >= 0.6 is 11.6 Å². The van der Waals surface area contributed by atoms with E-state index in [1.165, 1.54) is 25.3 Å². The first-order chi connectivity index (χ1) is 12.0. The van der Waals surface area contributed by atoms with Crippen molar-refractivity contribution in [3.05, 3.63) is 58.6 Å². The van der Waals surface area contributed by atoms with Gasteiger partial charge in [0.05, 0.1) is 17.7 Å². The Labute approximate surface area is 149 Å². The third kappa shape index (κ3) is 3.69. The van der Waals surface area contributed by atoms with Gasteiger partial charge in [-0.2, -0.15) is 0 Å². The molecule has 0 aliphatic carbocycles. The van der Waals surface area contributed by atoms with E-state index in [0.29, 0.717) is 31.9 Å². The van der Waals surface area contributed by atoms with E-state index in [9.17, 15) is 13.6 Å². The number of ether oxygens (including phenoxy) is 1. The molecule has 0 saturated carbocycles. The van der Waals surface area contributed by atoms with Gasteiger partial charge in [-0.15, -0.1) is 0 Å². The molecule has 0 amide bonds. The van der Waals surface area contributed by atoms with Crippen molar-refractivity contribution in [2.75, 3.05) is 43.1 Å². The molecule has 1 fully saturated rings. The van der Waals surface area contributed by atoms with Crippen LogP contribution in [0.25, 0.3) is 0 Å². The number of hydrogen-bond acceptors (Lipinski definition) is 4. The molecule has 0 atom stereocenters. The minimum atomic E-state index is -0.693. The van der Waals surface area contributed by atoms with Crippen LogP contribution in [0.1, 0.15) is 10.4 Å². The summed E-state index contributed by atoms with van der Waals surface area (Å²) in [5.74, 6) is -1.73. The minimum Gasteiger partial charge on any atom is -0.465 e. The second-order valence-electron chi connectivity index (χ2n) is 5.73. The number of benzene rings is 2. The first kappa shape index (κ1) is 17.5. The smallest absolute Gasteiger partial charge is 0.340 e. The van der Waals surface area contributed by atoms with E-state index >= 15 is 0 Å². The fourth-order valence-corrected chi connectivity index (χ4v) is 3.06. The molecule has 0 radical (unpaired) electrons. The van der Waals surface area contributed by atoms with E-state index in [1.54, 1.807) is 18.2 Å². The lowest BCUT2D eigenvalue weighted by atomic mass is 10.1. The van der Waals surface area contributed by atoms with Gasteiger partial charge in [-0.3, -0.25) is 0 Å². The number of carbonyl (C=O) groups excluding carboxylic acids is 1. The zero-order valence-electron chi connectivity index (χ0n) is 13.6. The molecule has 0 bridgehead atoms. The van der Waals surface area contributed by atoms with Crippen LogP contribution in [0.15, 0.2) is 36.4 Å². The van der Waals surface area contributed by atoms with Crippen molar-refractivity contribution in [1.29, 1.82) is 0 Å². The quantitative estimate of drug-likeness (QED) is 0.775. The molecule has 0 aromatic heterocycles. The lowest BCUT2D eigenvalue weighted by Crippen LogP contribution is -2.46. The lowest BCUT2D eigenvalue weighted by Gasteiger charge is -2.37. The second-order valence-corrected chi connectivity index (χ2v) is 6.14. The van der Waals surface area contributed by atoms with Crippen molar-refractivity contribution in [1.82, 2.24) is 0 Å². The molecule has 1 aliphatic heterocycles. The first-order valence-corrected chi connectivity index (χ1v) is 8.20. The fourth-order valence-electron chi connectivity index (χ4n) is 2.88. The Hall–Kier alpha value is -2.34. The summed E-state index contributed by atoms with van der Waals surface area (Å²) in [7, 11) is 1.22. The SMILES string of the molecule is COC(=O)c1ccc(N2CCN(c3ccc(F)c(Cl)c3)CC2)cc1F. The molecule has 1 heterocycles. The zero-order chi connectivity index (χ0) is 18.0. The van der Waals surface area contributed by atoms with Gasteiger partial charge in [-0.05, 0) is 36.4 Å². The van der Waals surface area contributed by atoms with Gasteiger partial charge >= 0.3 is 5.97 Å². The molecule has 25 heavy (non-hydrogen) atoms. The standard InChI is InChI=1S/C18H17ClF2N2O2/c1-25-18(24)14-4-2-13(11-17(14)21)23-8-6-22(7-9-23)12-3-5-16(20)15(19)10-12/h2-5,10-11H,6-9H2,1H3. The third-order valence-corrected chi connectivity index (χ3v) is 4.56. The van der Waals surface area contributed by atoms with Crippen LogP contribution in [0.5, 0.6) is 0 Å². The monoisotopic (exact) mass is 366 g/mol. The maximum Gasteiger partial charge on any atom is 0.340 e. The summed E-state index contributed by atoms with van der Waals surface area (Å²) in [5.41, 5.74) is 1.49. The Balaban J connectivity index is 1.69. The molecular weight excluding hydrogens is 350 g/mol. The van der Waals surface area contributed by atoms with Gasteiger partial charge in [0.2, 0.25) is 0 Å². The van der Waals surface area contributed by atoms with Gasteiger partial charge in [0.1, 0.15) is 11.6 Å². The van der Waals surface area contributed by atoms with E-state index in [0.717, 1.165) is 5.69 Å². The highest BCUT2D eigenvalue weighted by Gasteiger charge is 2.20. The topological polar surface area (TPSA) is 32.8 Å². The van der Waals surface area contributed by atoms with Crippen LogP contribution in [0.4, 0.5) is 20.2 Å². The lowest BCUT2D eigenvalue weighted by molar-refractivity contribution is 0.0595. The first-order valence-electron chi connectivity index (χ1n) is 7.82. The number of rotatable bonds is 3. The predicted molar refractivity (Wildman–Crippen MR) is 93.6 cm³/mol. The maximum absolute atomic E-state index is 14.1. The molecule has 4 nitrogen and oxygen atoms in total. The number of hydrogen-bond donors (Lipinski definition) is 0. The normalized spacial score (nSPS) is 14.6.